The molecule has 0 bridgehead atoms. The third-order valence-electron chi connectivity index (χ3n) is 5.51. The first-order valence-electron chi connectivity index (χ1n) is 10.7. The number of benzene rings is 3. The Morgan fingerprint density at radius 3 is 2.03 bits per heavy atom. The van der Waals surface area contributed by atoms with Crippen LogP contribution < -0.4 is 9.62 Å². The molecule has 186 valence electrons. The van der Waals surface area contributed by atoms with Crippen LogP contribution >= 0.6 is 11.6 Å². The normalized spacial score (nSPS) is 12.7. The number of nitrogens with zero attached hydrogens (tertiary/aromatic N) is 1. The molecular formula is C25H27ClN2O5S2. The lowest BCUT2D eigenvalue weighted by Crippen LogP contribution is -2.41. The molecular weight excluding hydrogens is 508 g/mol. The van der Waals surface area contributed by atoms with Crippen molar-refractivity contribution in [1.82, 2.24) is 5.32 Å². The zero-order valence-corrected chi connectivity index (χ0v) is 22.2. The summed E-state index contributed by atoms with van der Waals surface area (Å²) in [5.74, 6) is -0.519. The van der Waals surface area contributed by atoms with Crippen LogP contribution in [-0.4, -0.2) is 35.5 Å². The molecule has 1 N–H and O–H groups in total. The summed E-state index contributed by atoms with van der Waals surface area (Å²) in [6.45, 7) is 4.86. The smallest absolute Gasteiger partial charge is 0.264 e. The second-order valence-corrected chi connectivity index (χ2v) is 12.7. The fourth-order valence-corrected chi connectivity index (χ4v) is 5.88. The van der Waals surface area contributed by atoms with Crippen molar-refractivity contribution in [3.63, 3.8) is 0 Å². The summed E-state index contributed by atoms with van der Waals surface area (Å²) < 4.78 is 51.6. The Kier molecular flexibility index (Phi) is 7.93. The van der Waals surface area contributed by atoms with Gasteiger partial charge >= 0.3 is 0 Å². The summed E-state index contributed by atoms with van der Waals surface area (Å²) in [6.07, 6.45) is 1.12. The molecule has 0 saturated carbocycles. The number of amides is 1. The number of sulfone groups is 1. The van der Waals surface area contributed by atoms with Gasteiger partial charge in [-0.15, -0.1) is 0 Å². The van der Waals surface area contributed by atoms with E-state index in [2.05, 4.69) is 5.32 Å². The summed E-state index contributed by atoms with van der Waals surface area (Å²) in [5, 5.41) is 3.25. The van der Waals surface area contributed by atoms with Crippen LogP contribution in [-0.2, 0) is 24.7 Å². The van der Waals surface area contributed by atoms with Crippen molar-refractivity contribution in [2.45, 2.75) is 36.6 Å². The molecule has 0 unspecified atom stereocenters. The van der Waals surface area contributed by atoms with E-state index in [1.54, 1.807) is 56.3 Å². The molecule has 7 nitrogen and oxygen atoms in total. The highest BCUT2D eigenvalue weighted by atomic mass is 35.5. The highest BCUT2D eigenvalue weighted by Gasteiger charge is 2.29. The number of nitrogens with one attached hydrogen (secondary N) is 1. The summed E-state index contributed by atoms with van der Waals surface area (Å²) in [7, 11) is -7.40. The number of carbonyl (C=O) groups excluding carboxylic acids is 1. The second-order valence-electron chi connectivity index (χ2n) is 8.39. The number of anilines is 1. The Morgan fingerprint density at radius 2 is 1.49 bits per heavy atom. The Balaban J connectivity index is 1.90. The maximum atomic E-state index is 13.6. The fraction of sp³-hybridized carbons (Fsp3) is 0.240. The second kappa shape index (κ2) is 10.4. The van der Waals surface area contributed by atoms with E-state index in [0.29, 0.717) is 21.8 Å². The Hall–Kier alpha value is -2.88. The van der Waals surface area contributed by atoms with Crippen molar-refractivity contribution in [2.24, 2.45) is 0 Å². The van der Waals surface area contributed by atoms with E-state index in [1.807, 2.05) is 6.92 Å². The maximum Gasteiger partial charge on any atom is 0.264 e. The Labute approximate surface area is 211 Å². The van der Waals surface area contributed by atoms with Gasteiger partial charge in [-0.2, -0.15) is 0 Å². The number of halogens is 1. The highest BCUT2D eigenvalue weighted by Crippen LogP contribution is 2.29. The van der Waals surface area contributed by atoms with Gasteiger partial charge < -0.3 is 5.32 Å². The summed E-state index contributed by atoms with van der Waals surface area (Å²) in [5.41, 5.74) is 2.54. The summed E-state index contributed by atoms with van der Waals surface area (Å²) >= 11 is 6.07. The van der Waals surface area contributed by atoms with Crippen molar-refractivity contribution in [3.8, 4) is 0 Å². The topological polar surface area (TPSA) is 101 Å². The molecule has 0 heterocycles. The largest absolute Gasteiger partial charge is 0.348 e. The summed E-state index contributed by atoms with van der Waals surface area (Å²) in [6, 6.07) is 16.9. The number of hydrogen-bond donors (Lipinski definition) is 1. The monoisotopic (exact) mass is 534 g/mol. The molecule has 0 fully saturated rings. The van der Waals surface area contributed by atoms with Gasteiger partial charge in [-0.3, -0.25) is 9.10 Å². The van der Waals surface area contributed by atoms with Gasteiger partial charge in [0.1, 0.15) is 6.54 Å². The van der Waals surface area contributed by atoms with Crippen molar-refractivity contribution >= 4 is 43.1 Å². The number of rotatable bonds is 8. The predicted molar refractivity (Wildman–Crippen MR) is 138 cm³/mol. The summed E-state index contributed by atoms with van der Waals surface area (Å²) in [4.78, 5) is 13.2. The minimum absolute atomic E-state index is 0.0645. The number of aryl methyl sites for hydroxylation is 2. The average molecular weight is 535 g/mol. The molecule has 35 heavy (non-hydrogen) atoms. The van der Waals surface area contributed by atoms with Crippen LogP contribution in [0.5, 0.6) is 0 Å². The molecule has 0 radical (unpaired) electrons. The third-order valence-corrected chi connectivity index (χ3v) is 8.65. The van der Waals surface area contributed by atoms with Gasteiger partial charge in [0, 0.05) is 11.3 Å². The number of carbonyl (C=O) groups is 1. The van der Waals surface area contributed by atoms with Crippen molar-refractivity contribution < 1.29 is 21.6 Å². The predicted octanol–water partition coefficient (Wildman–Crippen LogP) is 4.43. The molecule has 3 aromatic rings. The van der Waals surface area contributed by atoms with E-state index in [1.165, 1.54) is 24.3 Å². The number of sulfonamides is 1. The van der Waals surface area contributed by atoms with Gasteiger partial charge in [-0.05, 0) is 74.4 Å². The lowest BCUT2D eigenvalue weighted by molar-refractivity contribution is -0.120. The van der Waals surface area contributed by atoms with Gasteiger partial charge in [0.05, 0.1) is 21.5 Å². The molecule has 0 spiro atoms. The lowest BCUT2D eigenvalue weighted by atomic mass is 10.1. The lowest BCUT2D eigenvalue weighted by Gasteiger charge is -2.26. The van der Waals surface area contributed by atoms with E-state index in [-0.39, 0.29) is 9.79 Å². The van der Waals surface area contributed by atoms with Crippen LogP contribution in [0.3, 0.4) is 0 Å². The highest BCUT2D eigenvalue weighted by molar-refractivity contribution is 7.93. The van der Waals surface area contributed by atoms with E-state index in [4.69, 9.17) is 11.6 Å². The van der Waals surface area contributed by atoms with E-state index in [9.17, 15) is 21.6 Å². The molecule has 0 aliphatic carbocycles. The molecule has 0 aromatic heterocycles. The molecule has 0 aliphatic rings. The molecule has 0 saturated heterocycles. The molecule has 1 atom stereocenters. The Bertz CT molecular complexity index is 1440. The van der Waals surface area contributed by atoms with Gasteiger partial charge in [0.2, 0.25) is 5.91 Å². The zero-order chi connectivity index (χ0) is 26.0. The van der Waals surface area contributed by atoms with Crippen molar-refractivity contribution in [3.05, 3.63) is 88.4 Å². The van der Waals surface area contributed by atoms with Crippen LogP contribution in [0.15, 0.2) is 76.5 Å². The Morgan fingerprint density at radius 1 is 0.914 bits per heavy atom. The molecule has 3 rings (SSSR count). The minimum Gasteiger partial charge on any atom is -0.348 e. The van der Waals surface area contributed by atoms with Gasteiger partial charge in [0.25, 0.3) is 10.0 Å². The van der Waals surface area contributed by atoms with Crippen LogP contribution in [0, 0.1) is 13.8 Å². The first kappa shape index (κ1) is 26.7. The average Bonchev–Trinajstić information content (AvgIpc) is 2.77. The van der Waals surface area contributed by atoms with E-state index in [0.717, 1.165) is 16.1 Å². The molecule has 0 aliphatic heterocycles. The zero-order valence-electron chi connectivity index (χ0n) is 19.8. The SMILES string of the molecule is Cc1ccc(S(=O)(=O)N(CC(=O)N[C@@H](C)c2ccc(S(C)(=O)=O)cc2)c2ccc(Cl)cc2C)cc1. The van der Waals surface area contributed by atoms with Crippen LogP contribution in [0.25, 0.3) is 0 Å². The first-order chi connectivity index (χ1) is 16.3. The van der Waals surface area contributed by atoms with E-state index >= 15 is 0 Å². The first-order valence-corrected chi connectivity index (χ1v) is 14.4. The van der Waals surface area contributed by atoms with Crippen molar-refractivity contribution in [2.75, 3.05) is 17.1 Å². The van der Waals surface area contributed by atoms with Gasteiger partial charge in [-0.25, -0.2) is 16.8 Å². The van der Waals surface area contributed by atoms with Crippen LogP contribution in [0.4, 0.5) is 5.69 Å². The molecule has 1 amide bonds. The molecule has 10 heteroatoms. The van der Waals surface area contributed by atoms with Crippen LogP contribution in [0.1, 0.15) is 29.7 Å². The third kappa shape index (κ3) is 6.42. The number of hydrogen-bond acceptors (Lipinski definition) is 5. The van der Waals surface area contributed by atoms with Gasteiger partial charge in [-0.1, -0.05) is 41.4 Å². The van der Waals surface area contributed by atoms with Crippen molar-refractivity contribution in [1.29, 1.82) is 0 Å². The quantitative estimate of drug-likeness (QED) is 0.460. The fourth-order valence-electron chi connectivity index (χ4n) is 3.54. The maximum absolute atomic E-state index is 13.6. The minimum atomic E-state index is -4.06. The van der Waals surface area contributed by atoms with Gasteiger partial charge in [0.15, 0.2) is 9.84 Å². The van der Waals surface area contributed by atoms with E-state index < -0.39 is 38.4 Å². The van der Waals surface area contributed by atoms with Crippen LogP contribution in [0.2, 0.25) is 5.02 Å². The molecule has 3 aromatic carbocycles. The standard InChI is InChI=1S/C25H27ClN2O5S2/c1-17-5-10-23(11-6-17)35(32,33)28(24-14-9-21(26)15-18(24)2)16-25(29)27-19(3)20-7-12-22(13-8-20)34(4,30)31/h5-15,19H,16H2,1-4H3,(H,27,29)/t19-/m0/s1.